The molecule has 8 heteroatoms. The van der Waals surface area contributed by atoms with Crippen LogP contribution in [0.4, 0.5) is 5.69 Å². The van der Waals surface area contributed by atoms with Crippen molar-refractivity contribution < 1.29 is 23.8 Å². The maximum absolute atomic E-state index is 12.5. The Kier molecular flexibility index (Phi) is 8.27. The molecular formula is C22H21ClN2O5. The van der Waals surface area contributed by atoms with E-state index in [-0.39, 0.29) is 28.7 Å². The normalized spacial score (nSPS) is 10.7. The van der Waals surface area contributed by atoms with Crippen molar-refractivity contribution in [2.24, 2.45) is 0 Å². The fourth-order valence-electron chi connectivity index (χ4n) is 2.49. The van der Waals surface area contributed by atoms with Crippen LogP contribution in [0, 0.1) is 11.3 Å². The highest BCUT2D eigenvalue weighted by Gasteiger charge is 2.15. The number of rotatable bonds is 8. The number of amides is 1. The monoisotopic (exact) mass is 428 g/mol. The number of ether oxygens (including phenoxy) is 3. The molecule has 30 heavy (non-hydrogen) atoms. The van der Waals surface area contributed by atoms with Gasteiger partial charge in [0.05, 0.1) is 19.2 Å². The van der Waals surface area contributed by atoms with Crippen molar-refractivity contribution in [3.05, 3.63) is 58.1 Å². The molecule has 1 N–H and O–H groups in total. The predicted octanol–water partition coefficient (Wildman–Crippen LogP) is 4.01. The Morgan fingerprint density at radius 3 is 2.47 bits per heavy atom. The van der Waals surface area contributed by atoms with Crippen LogP contribution in [0.3, 0.4) is 0 Å². The number of hydrogen-bond acceptors (Lipinski definition) is 6. The fraction of sp³-hybridized carbons (Fsp3) is 0.227. The summed E-state index contributed by atoms with van der Waals surface area (Å²) in [5.74, 6) is -0.735. The summed E-state index contributed by atoms with van der Waals surface area (Å²) in [5.41, 5.74) is 2.06. The highest BCUT2D eigenvalue weighted by molar-refractivity contribution is 6.32. The average Bonchev–Trinajstić information content (AvgIpc) is 2.76. The van der Waals surface area contributed by atoms with Crippen LogP contribution in [0.2, 0.25) is 5.02 Å². The largest absolute Gasteiger partial charge is 0.493 e. The summed E-state index contributed by atoms with van der Waals surface area (Å²) in [7, 11) is 2.65. The molecule has 2 aromatic rings. The van der Waals surface area contributed by atoms with E-state index >= 15 is 0 Å². The first-order valence-corrected chi connectivity index (χ1v) is 9.38. The molecule has 0 aromatic heterocycles. The Morgan fingerprint density at radius 2 is 1.90 bits per heavy atom. The van der Waals surface area contributed by atoms with E-state index in [1.807, 2.05) is 25.1 Å². The van der Waals surface area contributed by atoms with Crippen LogP contribution < -0.4 is 14.8 Å². The molecule has 0 aliphatic rings. The van der Waals surface area contributed by atoms with Gasteiger partial charge in [0, 0.05) is 5.69 Å². The maximum Gasteiger partial charge on any atom is 0.343 e. The van der Waals surface area contributed by atoms with Gasteiger partial charge in [0.25, 0.3) is 5.91 Å². The minimum atomic E-state index is -0.576. The van der Waals surface area contributed by atoms with Crippen LogP contribution in [0.5, 0.6) is 11.5 Å². The number of nitriles is 1. The van der Waals surface area contributed by atoms with Crippen molar-refractivity contribution in [3.63, 3.8) is 0 Å². The summed E-state index contributed by atoms with van der Waals surface area (Å²) in [6.45, 7) is 1.69. The van der Waals surface area contributed by atoms with Crippen molar-refractivity contribution in [1.82, 2.24) is 0 Å². The lowest BCUT2D eigenvalue weighted by Crippen LogP contribution is -2.14. The van der Waals surface area contributed by atoms with Crippen molar-refractivity contribution >= 4 is 35.2 Å². The van der Waals surface area contributed by atoms with Gasteiger partial charge in [-0.2, -0.15) is 5.26 Å². The summed E-state index contributed by atoms with van der Waals surface area (Å²) < 4.78 is 15.1. The lowest BCUT2D eigenvalue weighted by Gasteiger charge is -2.12. The number of anilines is 1. The molecular weight excluding hydrogens is 408 g/mol. The first kappa shape index (κ1) is 22.8. The number of aryl methyl sites for hydroxylation is 1. The zero-order valence-corrected chi connectivity index (χ0v) is 17.6. The summed E-state index contributed by atoms with van der Waals surface area (Å²) in [6.07, 6.45) is 2.27. The van der Waals surface area contributed by atoms with Gasteiger partial charge in [0.15, 0.2) is 18.1 Å². The summed E-state index contributed by atoms with van der Waals surface area (Å²) in [6, 6.07) is 12.3. The predicted molar refractivity (Wildman–Crippen MR) is 114 cm³/mol. The number of nitrogens with zero attached hydrogens (tertiary/aromatic N) is 1. The lowest BCUT2D eigenvalue weighted by molar-refractivity contribution is -0.142. The third-order valence-electron chi connectivity index (χ3n) is 4.11. The van der Waals surface area contributed by atoms with Crippen LogP contribution in [0.25, 0.3) is 6.08 Å². The lowest BCUT2D eigenvalue weighted by atomic mass is 10.1. The molecule has 0 bridgehead atoms. The highest BCUT2D eigenvalue weighted by atomic mass is 35.5. The number of benzene rings is 2. The number of methoxy groups -OCH3 is 2. The molecule has 0 atom stereocenters. The van der Waals surface area contributed by atoms with E-state index in [4.69, 9.17) is 21.1 Å². The molecule has 2 aromatic carbocycles. The number of halogens is 1. The van der Waals surface area contributed by atoms with Gasteiger partial charge >= 0.3 is 5.97 Å². The van der Waals surface area contributed by atoms with E-state index in [1.165, 1.54) is 26.4 Å². The Bertz CT molecular complexity index is 994. The minimum Gasteiger partial charge on any atom is -0.493 e. The third-order valence-corrected chi connectivity index (χ3v) is 4.39. The first-order chi connectivity index (χ1) is 14.4. The van der Waals surface area contributed by atoms with E-state index in [2.05, 4.69) is 10.1 Å². The van der Waals surface area contributed by atoms with Crippen molar-refractivity contribution in [1.29, 1.82) is 5.26 Å². The molecule has 0 aliphatic heterocycles. The standard InChI is InChI=1S/C22H21ClN2O5/c1-4-14-5-7-17(8-6-14)25-22(27)16(12-24)9-15-10-18(23)21(19(11-15)28-2)30-13-20(26)29-3/h5-11H,4,13H2,1-3H3,(H,25,27)/b16-9+. The van der Waals surface area contributed by atoms with Gasteiger partial charge in [-0.3, -0.25) is 4.79 Å². The van der Waals surface area contributed by atoms with Crippen molar-refractivity contribution in [2.45, 2.75) is 13.3 Å². The van der Waals surface area contributed by atoms with Crippen LogP contribution in [0.15, 0.2) is 42.0 Å². The number of carbonyl (C=O) groups excluding carboxylic acids is 2. The Morgan fingerprint density at radius 1 is 1.20 bits per heavy atom. The van der Waals surface area contributed by atoms with E-state index in [1.54, 1.807) is 18.2 Å². The van der Waals surface area contributed by atoms with E-state index in [0.717, 1.165) is 12.0 Å². The molecule has 7 nitrogen and oxygen atoms in total. The number of carbonyl (C=O) groups is 2. The molecule has 0 radical (unpaired) electrons. The van der Waals surface area contributed by atoms with Gasteiger partial charge in [-0.05, 0) is 47.9 Å². The van der Waals surface area contributed by atoms with Gasteiger partial charge in [-0.25, -0.2) is 4.79 Å². The Hall–Kier alpha value is -3.50. The summed E-state index contributed by atoms with van der Waals surface area (Å²) in [5, 5.41) is 12.3. The SMILES string of the molecule is CCc1ccc(NC(=O)/C(C#N)=C/c2cc(Cl)c(OCC(=O)OC)c(OC)c2)cc1. The van der Waals surface area contributed by atoms with Gasteiger partial charge in [0.2, 0.25) is 0 Å². The smallest absolute Gasteiger partial charge is 0.343 e. The molecule has 2 rings (SSSR count). The second kappa shape index (κ2) is 10.9. The zero-order valence-electron chi connectivity index (χ0n) is 16.8. The van der Waals surface area contributed by atoms with E-state index in [9.17, 15) is 14.9 Å². The molecule has 0 aliphatic carbocycles. The summed E-state index contributed by atoms with van der Waals surface area (Å²) >= 11 is 6.23. The van der Waals surface area contributed by atoms with Crippen LogP contribution in [-0.2, 0) is 20.7 Å². The molecule has 0 saturated heterocycles. The topological polar surface area (TPSA) is 97.7 Å². The first-order valence-electron chi connectivity index (χ1n) is 9.01. The second-order valence-corrected chi connectivity index (χ2v) is 6.48. The fourth-order valence-corrected chi connectivity index (χ4v) is 2.76. The van der Waals surface area contributed by atoms with Gasteiger partial charge in [-0.15, -0.1) is 0 Å². The molecule has 156 valence electrons. The maximum atomic E-state index is 12.5. The molecule has 0 unspecified atom stereocenters. The van der Waals surface area contributed by atoms with Crippen LogP contribution >= 0.6 is 11.6 Å². The minimum absolute atomic E-state index is 0.115. The number of hydrogen-bond donors (Lipinski definition) is 1. The van der Waals surface area contributed by atoms with Gasteiger partial charge in [-0.1, -0.05) is 30.7 Å². The van der Waals surface area contributed by atoms with E-state index in [0.29, 0.717) is 11.3 Å². The molecule has 1 amide bonds. The molecule has 0 spiro atoms. The second-order valence-electron chi connectivity index (χ2n) is 6.07. The van der Waals surface area contributed by atoms with Crippen molar-refractivity contribution in [3.8, 4) is 17.6 Å². The number of nitrogens with one attached hydrogen (secondary N) is 1. The Labute approximate surface area is 179 Å². The average molecular weight is 429 g/mol. The van der Waals surface area contributed by atoms with Crippen LogP contribution in [0.1, 0.15) is 18.1 Å². The number of esters is 1. The van der Waals surface area contributed by atoms with Gasteiger partial charge < -0.3 is 19.5 Å². The van der Waals surface area contributed by atoms with Crippen molar-refractivity contribution in [2.75, 3.05) is 26.1 Å². The summed E-state index contributed by atoms with van der Waals surface area (Å²) in [4.78, 5) is 23.8. The molecule has 0 heterocycles. The quantitative estimate of drug-likeness (QED) is 0.387. The third kappa shape index (κ3) is 6.00. The Balaban J connectivity index is 2.25. The molecule has 0 fully saturated rings. The zero-order chi connectivity index (χ0) is 22.1. The van der Waals surface area contributed by atoms with E-state index < -0.39 is 11.9 Å². The van der Waals surface area contributed by atoms with Gasteiger partial charge in [0.1, 0.15) is 11.6 Å². The molecule has 0 saturated carbocycles. The van der Waals surface area contributed by atoms with Crippen LogP contribution in [-0.4, -0.2) is 32.7 Å². The highest BCUT2D eigenvalue weighted by Crippen LogP contribution is 2.37.